The first kappa shape index (κ1) is 20.0. The van der Waals surface area contributed by atoms with E-state index in [0.29, 0.717) is 0 Å². The summed E-state index contributed by atoms with van der Waals surface area (Å²) in [6.45, 7) is 2.92. The number of nitrogens with one attached hydrogen (secondary N) is 1. The summed E-state index contributed by atoms with van der Waals surface area (Å²) in [7, 11) is 0. The number of hydrogen-bond acceptors (Lipinski definition) is 3. The van der Waals surface area contributed by atoms with Gasteiger partial charge in [-0.3, -0.25) is 4.79 Å². The minimum Gasteiger partial charge on any atom is -0.494 e. The molecule has 0 radical (unpaired) electrons. The van der Waals surface area contributed by atoms with Crippen LogP contribution in [0.3, 0.4) is 0 Å². The quantitative estimate of drug-likeness (QED) is 0.385. The van der Waals surface area contributed by atoms with Gasteiger partial charge in [-0.15, -0.1) is 0 Å². The van der Waals surface area contributed by atoms with Crippen molar-refractivity contribution in [2.75, 3.05) is 6.61 Å². The molecule has 2 rings (SSSR count). The molecule has 0 aliphatic heterocycles. The fourth-order valence-corrected chi connectivity index (χ4v) is 3.20. The van der Waals surface area contributed by atoms with Crippen LogP contribution in [-0.2, 0) is 4.79 Å². The summed E-state index contributed by atoms with van der Waals surface area (Å²) >= 11 is 0. The minimum absolute atomic E-state index is 0.156. The lowest BCUT2D eigenvalue weighted by Gasteiger charge is -2.22. The van der Waals surface area contributed by atoms with Gasteiger partial charge in [0.15, 0.2) is 0 Å². The van der Waals surface area contributed by atoms with E-state index >= 15 is 0 Å². The number of ether oxygens (including phenoxy) is 1. The average Bonchev–Trinajstić information content (AvgIpc) is 2.67. The summed E-state index contributed by atoms with van der Waals surface area (Å²) in [5.41, 5.74) is 0.988. The first-order chi connectivity index (χ1) is 12.7. The number of carbonyl (C=O) groups is 1. The lowest BCUT2D eigenvalue weighted by molar-refractivity contribution is -0.117. The molecule has 1 aromatic carbocycles. The van der Waals surface area contributed by atoms with Gasteiger partial charge >= 0.3 is 0 Å². The predicted octanol–water partition coefficient (Wildman–Crippen LogP) is 5.00. The zero-order chi connectivity index (χ0) is 18.6. The molecular formula is C22H30N2O2. The van der Waals surface area contributed by atoms with Crippen LogP contribution in [0.15, 0.2) is 29.8 Å². The van der Waals surface area contributed by atoms with Crippen molar-refractivity contribution in [3.63, 3.8) is 0 Å². The van der Waals surface area contributed by atoms with Crippen LogP contribution in [0.2, 0.25) is 0 Å². The van der Waals surface area contributed by atoms with Crippen molar-refractivity contribution >= 4 is 12.0 Å². The van der Waals surface area contributed by atoms with Crippen molar-refractivity contribution in [1.82, 2.24) is 5.32 Å². The van der Waals surface area contributed by atoms with E-state index in [0.717, 1.165) is 50.0 Å². The summed E-state index contributed by atoms with van der Waals surface area (Å²) in [5, 5.41) is 12.3. The highest BCUT2D eigenvalue weighted by Crippen LogP contribution is 2.19. The van der Waals surface area contributed by atoms with Gasteiger partial charge in [0.05, 0.1) is 6.61 Å². The number of nitrogens with zero attached hydrogens (tertiary/aromatic N) is 1. The van der Waals surface area contributed by atoms with E-state index in [1.165, 1.54) is 25.7 Å². The van der Waals surface area contributed by atoms with Gasteiger partial charge in [-0.25, -0.2) is 0 Å². The number of rotatable bonds is 9. The largest absolute Gasteiger partial charge is 0.494 e. The first-order valence-corrected chi connectivity index (χ1v) is 9.88. The van der Waals surface area contributed by atoms with Crippen LogP contribution in [0.5, 0.6) is 5.75 Å². The number of hydrogen-bond donors (Lipinski definition) is 1. The number of unbranched alkanes of at least 4 members (excludes halogenated alkanes) is 3. The molecule has 0 heterocycles. The van der Waals surface area contributed by atoms with Gasteiger partial charge < -0.3 is 10.1 Å². The average molecular weight is 354 g/mol. The maximum atomic E-state index is 12.3. The van der Waals surface area contributed by atoms with E-state index in [4.69, 9.17) is 4.74 Å². The molecule has 0 aromatic heterocycles. The van der Waals surface area contributed by atoms with Crippen molar-refractivity contribution < 1.29 is 9.53 Å². The normalized spacial score (nSPS) is 15.3. The second kappa shape index (κ2) is 11.4. The predicted molar refractivity (Wildman–Crippen MR) is 105 cm³/mol. The topological polar surface area (TPSA) is 62.1 Å². The third-order valence-corrected chi connectivity index (χ3v) is 4.76. The van der Waals surface area contributed by atoms with E-state index in [9.17, 15) is 10.1 Å². The number of carbonyl (C=O) groups excluding carboxylic acids is 1. The van der Waals surface area contributed by atoms with E-state index in [1.807, 2.05) is 30.3 Å². The van der Waals surface area contributed by atoms with Crippen molar-refractivity contribution in [2.45, 2.75) is 70.8 Å². The Kier molecular flexibility index (Phi) is 8.75. The molecule has 0 unspecified atom stereocenters. The molecule has 1 amide bonds. The van der Waals surface area contributed by atoms with E-state index in [-0.39, 0.29) is 17.5 Å². The molecular weight excluding hydrogens is 324 g/mol. The summed E-state index contributed by atoms with van der Waals surface area (Å²) in [6.07, 6.45) is 11.9. The van der Waals surface area contributed by atoms with Crippen LogP contribution >= 0.6 is 0 Å². The summed E-state index contributed by atoms with van der Waals surface area (Å²) < 4.78 is 5.72. The molecule has 0 bridgehead atoms. The lowest BCUT2D eigenvalue weighted by atomic mass is 9.95. The van der Waals surface area contributed by atoms with E-state index < -0.39 is 0 Å². The highest BCUT2D eigenvalue weighted by atomic mass is 16.5. The highest BCUT2D eigenvalue weighted by molar-refractivity contribution is 6.01. The molecule has 1 aliphatic rings. The maximum Gasteiger partial charge on any atom is 0.262 e. The number of amides is 1. The van der Waals surface area contributed by atoms with Crippen LogP contribution < -0.4 is 10.1 Å². The number of benzene rings is 1. The Morgan fingerprint density at radius 2 is 1.92 bits per heavy atom. The molecule has 1 aliphatic carbocycles. The molecule has 0 spiro atoms. The molecule has 26 heavy (non-hydrogen) atoms. The third-order valence-electron chi connectivity index (χ3n) is 4.76. The van der Waals surface area contributed by atoms with Crippen molar-refractivity contribution in [3.8, 4) is 11.8 Å². The lowest BCUT2D eigenvalue weighted by Crippen LogP contribution is -2.36. The van der Waals surface area contributed by atoms with Gasteiger partial charge in [-0.05, 0) is 43.0 Å². The number of nitriles is 1. The van der Waals surface area contributed by atoms with Gasteiger partial charge in [-0.1, -0.05) is 57.6 Å². The molecule has 4 heteroatoms. The van der Waals surface area contributed by atoms with Gasteiger partial charge in [0.2, 0.25) is 0 Å². The molecule has 1 N–H and O–H groups in total. The van der Waals surface area contributed by atoms with Crippen LogP contribution in [0.25, 0.3) is 6.08 Å². The van der Waals surface area contributed by atoms with Crippen molar-refractivity contribution in [1.29, 1.82) is 5.26 Å². The second-order valence-electron chi connectivity index (χ2n) is 6.96. The smallest absolute Gasteiger partial charge is 0.262 e. The summed E-state index contributed by atoms with van der Waals surface area (Å²) in [5.74, 6) is 0.555. The molecule has 4 nitrogen and oxygen atoms in total. The Balaban J connectivity index is 1.87. The Bertz CT molecular complexity index is 623. The van der Waals surface area contributed by atoms with Crippen LogP contribution in [0.1, 0.15) is 70.3 Å². The molecule has 0 saturated heterocycles. The SMILES string of the molecule is CCCCCCOc1ccc(/C=C(/C#N)C(=O)NC2CCCCC2)cc1. The standard InChI is InChI=1S/C22H30N2O2/c1-2-3-4-8-15-26-21-13-11-18(12-14-21)16-19(17-23)22(25)24-20-9-6-5-7-10-20/h11-14,16,20H,2-10,15H2,1H3,(H,24,25)/b19-16-. The van der Waals surface area contributed by atoms with Gasteiger partial charge in [0.1, 0.15) is 17.4 Å². The Morgan fingerprint density at radius 1 is 1.19 bits per heavy atom. The summed E-state index contributed by atoms with van der Waals surface area (Å²) in [4.78, 5) is 12.3. The molecule has 1 saturated carbocycles. The minimum atomic E-state index is -0.268. The Labute approximate surface area is 157 Å². The third kappa shape index (κ3) is 6.92. The molecule has 1 fully saturated rings. The van der Waals surface area contributed by atoms with Gasteiger partial charge in [0, 0.05) is 6.04 Å². The first-order valence-electron chi connectivity index (χ1n) is 9.88. The zero-order valence-corrected chi connectivity index (χ0v) is 15.8. The zero-order valence-electron chi connectivity index (χ0n) is 15.8. The molecule has 0 atom stereocenters. The fourth-order valence-electron chi connectivity index (χ4n) is 3.20. The van der Waals surface area contributed by atoms with Crippen LogP contribution in [0, 0.1) is 11.3 Å². The highest BCUT2D eigenvalue weighted by Gasteiger charge is 2.18. The van der Waals surface area contributed by atoms with Crippen LogP contribution in [0.4, 0.5) is 0 Å². The Morgan fingerprint density at radius 3 is 2.58 bits per heavy atom. The summed E-state index contributed by atoms with van der Waals surface area (Å²) in [6, 6.07) is 9.77. The van der Waals surface area contributed by atoms with E-state index in [1.54, 1.807) is 6.08 Å². The fraction of sp³-hybridized carbons (Fsp3) is 0.545. The maximum absolute atomic E-state index is 12.3. The van der Waals surface area contributed by atoms with Crippen molar-refractivity contribution in [2.24, 2.45) is 0 Å². The van der Waals surface area contributed by atoms with Gasteiger partial charge in [-0.2, -0.15) is 5.26 Å². The van der Waals surface area contributed by atoms with Crippen molar-refractivity contribution in [3.05, 3.63) is 35.4 Å². The Hall–Kier alpha value is -2.28. The second-order valence-corrected chi connectivity index (χ2v) is 6.96. The molecule has 140 valence electrons. The van der Waals surface area contributed by atoms with Gasteiger partial charge in [0.25, 0.3) is 5.91 Å². The van der Waals surface area contributed by atoms with Crippen LogP contribution in [-0.4, -0.2) is 18.6 Å². The van der Waals surface area contributed by atoms with E-state index in [2.05, 4.69) is 12.2 Å². The molecule has 1 aromatic rings. The monoisotopic (exact) mass is 354 g/mol.